The Hall–Kier alpha value is -1.24. The molecule has 0 heterocycles. The highest BCUT2D eigenvalue weighted by Crippen LogP contribution is 2.42. The number of unbranched alkanes of at least 4 members (excludes halogenated alkanes) is 1. The van der Waals surface area contributed by atoms with Crippen molar-refractivity contribution in [1.82, 2.24) is 0 Å². The second-order valence-corrected chi connectivity index (χ2v) is 13.1. The normalized spacial score (nSPS) is 14.0. The first-order chi connectivity index (χ1) is 11.4. The van der Waals surface area contributed by atoms with Gasteiger partial charge in [-0.1, -0.05) is 84.9 Å². The fraction of sp³-hybridized carbons (Fsp3) is 0.889. The number of ether oxygens (including phenoxy) is 1. The first kappa shape index (κ1) is 23.8. The van der Waals surface area contributed by atoms with Crippen molar-refractivity contribution in [3.8, 4) is 0 Å². The number of rotatable bonds is 7. The van der Waals surface area contributed by atoms with Crippen LogP contribution in [0, 0.1) is 5.92 Å². The lowest BCUT2D eigenvalue weighted by Gasteiger charge is -2.36. The van der Waals surface area contributed by atoms with E-state index in [1.165, 1.54) is 0 Å². The fourth-order valence-corrected chi connectivity index (χ4v) is 6.53. The second-order valence-electron chi connectivity index (χ2n) is 8.69. The summed E-state index contributed by atoms with van der Waals surface area (Å²) >= 11 is 0. The molecule has 1 atom stereocenters. The van der Waals surface area contributed by atoms with Gasteiger partial charge in [-0.2, -0.15) is 0 Å². The molecule has 25 heavy (non-hydrogen) atoms. The first-order valence-corrected chi connectivity index (χ1v) is 10.8. The lowest BCUT2D eigenvalue weighted by molar-refractivity contribution is 0.130. The van der Waals surface area contributed by atoms with Crippen molar-refractivity contribution >= 4 is 21.2 Å². The highest BCUT2D eigenvalue weighted by atomic mass is 28.3. The first-order valence-electron chi connectivity index (χ1n) is 9.20. The van der Waals surface area contributed by atoms with Crippen molar-refractivity contribution in [3.05, 3.63) is 0 Å². The molecule has 0 spiro atoms. The summed E-state index contributed by atoms with van der Waals surface area (Å²) in [7, 11) is -1.94. The highest BCUT2D eigenvalue weighted by Gasteiger charge is 2.41. The van der Waals surface area contributed by atoms with E-state index in [1.54, 1.807) is 0 Å². The van der Waals surface area contributed by atoms with Gasteiger partial charge in [0.1, 0.15) is 0 Å². The number of nitrogens with zero attached hydrogens (tertiary/aromatic N) is 2. The minimum atomic E-state index is -1.94. The van der Waals surface area contributed by atoms with Gasteiger partial charge in [-0.15, -0.1) is 0 Å². The molecule has 0 aromatic heterocycles. The molecule has 7 heteroatoms. The van der Waals surface area contributed by atoms with Crippen LogP contribution in [0.5, 0.6) is 0 Å². The summed E-state index contributed by atoms with van der Waals surface area (Å²) in [5.41, 5.74) is 0. The summed E-state index contributed by atoms with van der Waals surface area (Å²) < 4.78 is 10.6. The second kappa shape index (κ2) is 10.7. The maximum Gasteiger partial charge on any atom is 0.452 e. The van der Waals surface area contributed by atoms with Gasteiger partial charge in [-0.05, 0) is 22.4 Å². The zero-order valence-corrected chi connectivity index (χ0v) is 18.4. The van der Waals surface area contributed by atoms with Crippen molar-refractivity contribution < 1.29 is 18.8 Å². The highest BCUT2D eigenvalue weighted by molar-refractivity contribution is 6.60. The number of azo groups is 1. The Bertz CT molecular complexity index is 439. The summed E-state index contributed by atoms with van der Waals surface area (Å²) in [5.74, 6) is 0.324. The van der Waals surface area contributed by atoms with Crippen LogP contribution in [-0.4, -0.2) is 27.8 Å². The van der Waals surface area contributed by atoms with E-state index >= 15 is 0 Å². The quantitative estimate of drug-likeness (QED) is 0.391. The van der Waals surface area contributed by atoms with Gasteiger partial charge in [0.05, 0.1) is 6.61 Å². The molecular weight excluding hydrogens is 336 g/mol. The molecule has 6 nitrogen and oxygen atoms in total. The lowest BCUT2D eigenvalue weighted by Crippen LogP contribution is -2.39. The Morgan fingerprint density at radius 1 is 0.960 bits per heavy atom. The van der Waals surface area contributed by atoms with Crippen molar-refractivity contribution in [2.75, 3.05) is 6.61 Å². The third-order valence-electron chi connectivity index (χ3n) is 3.99. The van der Waals surface area contributed by atoms with Crippen molar-refractivity contribution in [2.45, 2.75) is 91.1 Å². The van der Waals surface area contributed by atoms with Gasteiger partial charge in [-0.3, -0.25) is 0 Å². The average molecular weight is 373 g/mol. The van der Waals surface area contributed by atoms with E-state index in [1.807, 2.05) is 0 Å². The van der Waals surface area contributed by atoms with Crippen molar-refractivity contribution in [1.29, 1.82) is 0 Å². The number of amides is 2. The SMILES string of the molecule is CCCCC(CC)COC(=O)N=NC(=O)O[SiH](C(C)(C)C)C(C)(C)C. The Balaban J connectivity index is 4.55. The smallest absolute Gasteiger partial charge is 0.452 e. The molecule has 0 fully saturated rings. The van der Waals surface area contributed by atoms with Gasteiger partial charge >= 0.3 is 12.2 Å². The zero-order chi connectivity index (χ0) is 19.7. The molecule has 0 rings (SSSR count). The molecule has 0 bridgehead atoms. The van der Waals surface area contributed by atoms with Crippen LogP contribution in [0.15, 0.2) is 10.2 Å². The molecule has 0 N–H and O–H groups in total. The van der Waals surface area contributed by atoms with Gasteiger partial charge in [0.2, 0.25) is 0 Å². The predicted molar refractivity (Wildman–Crippen MR) is 103 cm³/mol. The topological polar surface area (TPSA) is 77.3 Å². The van der Waals surface area contributed by atoms with Gasteiger partial charge in [0, 0.05) is 0 Å². The minimum absolute atomic E-state index is 0.114. The molecule has 0 aromatic carbocycles. The lowest BCUT2D eigenvalue weighted by atomic mass is 10.0. The van der Waals surface area contributed by atoms with E-state index in [0.717, 1.165) is 25.7 Å². The molecule has 0 saturated carbocycles. The van der Waals surface area contributed by atoms with Crippen LogP contribution in [0.2, 0.25) is 10.1 Å². The average Bonchev–Trinajstić information content (AvgIpc) is 2.48. The monoisotopic (exact) mass is 372 g/mol. The van der Waals surface area contributed by atoms with Crippen molar-refractivity contribution in [2.24, 2.45) is 16.1 Å². The number of hydrogen-bond donors (Lipinski definition) is 0. The zero-order valence-electron chi connectivity index (χ0n) is 17.2. The maximum absolute atomic E-state index is 11.9. The van der Waals surface area contributed by atoms with E-state index in [0.29, 0.717) is 12.5 Å². The third-order valence-corrected chi connectivity index (χ3v) is 7.57. The molecule has 1 unspecified atom stereocenters. The van der Waals surface area contributed by atoms with Crippen LogP contribution in [0.4, 0.5) is 9.59 Å². The van der Waals surface area contributed by atoms with Crippen LogP contribution in [0.1, 0.15) is 81.1 Å². The standard InChI is InChI=1S/C18H36N2O4Si/c1-9-11-12-14(10-2)13-23-15(21)19-20-16(22)24-25(17(3,4)5)18(6,7)8/h14,25H,9-13H2,1-8H3. The van der Waals surface area contributed by atoms with Crippen LogP contribution >= 0.6 is 0 Å². The molecule has 0 aliphatic rings. The summed E-state index contributed by atoms with van der Waals surface area (Å²) in [6.45, 7) is 16.8. The molecule has 0 radical (unpaired) electrons. The third kappa shape index (κ3) is 10.4. The van der Waals surface area contributed by atoms with Gasteiger partial charge in [0.25, 0.3) is 9.04 Å². The van der Waals surface area contributed by atoms with E-state index in [4.69, 9.17) is 9.16 Å². The summed E-state index contributed by atoms with van der Waals surface area (Å²) in [6.07, 6.45) is 2.53. The molecule has 0 aromatic rings. The maximum atomic E-state index is 11.9. The van der Waals surface area contributed by atoms with Crippen LogP contribution in [0.25, 0.3) is 0 Å². The van der Waals surface area contributed by atoms with E-state index in [-0.39, 0.29) is 10.1 Å². The van der Waals surface area contributed by atoms with E-state index < -0.39 is 21.2 Å². The van der Waals surface area contributed by atoms with Gasteiger partial charge < -0.3 is 9.16 Å². The summed E-state index contributed by atoms with van der Waals surface area (Å²) in [4.78, 5) is 23.6. The van der Waals surface area contributed by atoms with Crippen LogP contribution in [0.3, 0.4) is 0 Å². The summed E-state index contributed by atoms with van der Waals surface area (Å²) in [5, 5.41) is 6.49. The number of carbonyl (C=O) groups excluding carboxylic acids is 2. The Labute approximate surface area is 154 Å². The van der Waals surface area contributed by atoms with Crippen molar-refractivity contribution in [3.63, 3.8) is 0 Å². The summed E-state index contributed by atoms with van der Waals surface area (Å²) in [6, 6.07) is 0. The number of carbonyl (C=O) groups is 2. The van der Waals surface area contributed by atoms with E-state index in [2.05, 4.69) is 65.6 Å². The molecule has 0 aliphatic carbocycles. The van der Waals surface area contributed by atoms with Gasteiger partial charge in [-0.25, -0.2) is 9.59 Å². The minimum Gasteiger partial charge on any atom is -0.503 e. The molecule has 0 aliphatic heterocycles. The van der Waals surface area contributed by atoms with Crippen LogP contribution < -0.4 is 0 Å². The largest absolute Gasteiger partial charge is 0.503 e. The fourth-order valence-electron chi connectivity index (χ4n) is 2.97. The van der Waals surface area contributed by atoms with Gasteiger partial charge in [0.15, 0.2) is 0 Å². The molecular formula is C18H36N2O4Si. The molecule has 0 saturated heterocycles. The molecule has 2 amide bonds. The molecule has 146 valence electrons. The van der Waals surface area contributed by atoms with E-state index in [9.17, 15) is 9.59 Å². The predicted octanol–water partition coefficient (Wildman–Crippen LogP) is 6.25. The Morgan fingerprint density at radius 2 is 1.48 bits per heavy atom. The van der Waals surface area contributed by atoms with Crippen LogP contribution in [-0.2, 0) is 9.16 Å². The Morgan fingerprint density at radius 3 is 1.92 bits per heavy atom. The Kier molecular flexibility index (Phi) is 10.2. The number of hydrogen-bond acceptors (Lipinski definition) is 4.